The third kappa shape index (κ3) is 4.16. The van der Waals surface area contributed by atoms with E-state index in [9.17, 15) is 13.2 Å². The van der Waals surface area contributed by atoms with E-state index in [2.05, 4.69) is 19.7 Å². The molecule has 1 unspecified atom stereocenters. The van der Waals surface area contributed by atoms with Gasteiger partial charge in [0.05, 0.1) is 12.2 Å². The number of anilines is 1. The molecule has 10 heteroatoms. The van der Waals surface area contributed by atoms with Crippen molar-refractivity contribution >= 4 is 21.9 Å². The van der Waals surface area contributed by atoms with E-state index < -0.39 is 16.1 Å². The summed E-state index contributed by atoms with van der Waals surface area (Å²) in [5.41, 5.74) is 6.09. The van der Waals surface area contributed by atoms with Gasteiger partial charge in [0.1, 0.15) is 6.10 Å². The number of nitrogens with one attached hydrogen (secondary N) is 1. The second kappa shape index (κ2) is 8.91. The number of aromatic nitrogens is 3. The summed E-state index contributed by atoms with van der Waals surface area (Å²) in [6.45, 7) is 6.31. The van der Waals surface area contributed by atoms with Crippen molar-refractivity contribution in [2.75, 3.05) is 11.3 Å². The normalized spacial score (nSPS) is 17.7. The number of benzene rings is 2. The molecule has 6 rings (SSSR count). The minimum atomic E-state index is -4.21. The van der Waals surface area contributed by atoms with E-state index in [-0.39, 0.29) is 34.9 Å². The van der Waals surface area contributed by atoms with Crippen molar-refractivity contribution in [1.82, 2.24) is 19.9 Å². The summed E-state index contributed by atoms with van der Waals surface area (Å²) < 4.78 is 35.6. The van der Waals surface area contributed by atoms with Crippen LogP contribution in [0.5, 0.6) is 5.88 Å². The van der Waals surface area contributed by atoms with E-state index in [1.165, 1.54) is 12.3 Å². The highest BCUT2D eigenvalue weighted by molar-refractivity contribution is 7.92. The monoisotopic (exact) mass is 527 g/mol. The Hall–Kier alpha value is -4.31. The first-order valence-corrected chi connectivity index (χ1v) is 13.7. The molecule has 2 aliphatic heterocycles. The van der Waals surface area contributed by atoms with Gasteiger partial charge in [-0.3, -0.25) is 4.79 Å². The van der Waals surface area contributed by atoms with Crippen LogP contribution in [0.25, 0.3) is 11.3 Å². The molecule has 0 aliphatic carbocycles. The fourth-order valence-electron chi connectivity index (χ4n) is 5.06. The Kier molecular flexibility index (Phi) is 5.64. The third-order valence-electron chi connectivity index (χ3n) is 6.95. The SMILES string of the molecule is Cc1cnc2cc1C(=O)N1Cc3ccccc3C(C1)Oc1cc(-c3c(C)cccc3C)nc(n1)NS2(=O)=O. The maximum Gasteiger partial charge on any atom is 0.281 e. The molecule has 0 spiro atoms. The molecule has 1 atom stereocenters. The quantitative estimate of drug-likeness (QED) is 0.391. The zero-order chi connectivity index (χ0) is 26.6. The van der Waals surface area contributed by atoms with E-state index in [0.717, 1.165) is 27.8 Å². The molecule has 1 amide bonds. The van der Waals surface area contributed by atoms with E-state index in [1.54, 1.807) is 17.9 Å². The van der Waals surface area contributed by atoms with Gasteiger partial charge in [0.25, 0.3) is 15.9 Å². The van der Waals surface area contributed by atoms with Gasteiger partial charge in [-0.15, -0.1) is 0 Å². The maximum atomic E-state index is 13.7. The molecule has 0 saturated carbocycles. The van der Waals surface area contributed by atoms with Crippen molar-refractivity contribution < 1.29 is 17.9 Å². The Morgan fingerprint density at radius 3 is 2.53 bits per heavy atom. The smallest absolute Gasteiger partial charge is 0.281 e. The predicted molar refractivity (Wildman–Crippen MR) is 141 cm³/mol. The number of hydrogen-bond donors (Lipinski definition) is 1. The number of carbonyl (C=O) groups excluding carboxylic acids is 1. The molecule has 4 aromatic rings. The molecule has 9 nitrogen and oxygen atoms in total. The van der Waals surface area contributed by atoms with E-state index >= 15 is 0 Å². The van der Waals surface area contributed by atoms with Crippen molar-refractivity contribution in [3.05, 3.63) is 94.2 Å². The molecule has 2 aliphatic rings. The summed E-state index contributed by atoms with van der Waals surface area (Å²) >= 11 is 0. The van der Waals surface area contributed by atoms with E-state index in [0.29, 0.717) is 17.8 Å². The van der Waals surface area contributed by atoms with Crippen LogP contribution in [0.1, 0.15) is 44.3 Å². The standard InChI is InChI=1S/C28H25N5O4S/c1-16-7-6-8-17(2)26(16)22-12-24-31-28(30-22)32-38(35,36)25-11-21(18(3)13-29-25)27(34)33-14-19-9-4-5-10-20(19)23(15-33)37-24/h4-13,23H,14-15H2,1-3H3,(H,30,31,32). The number of amides is 1. The van der Waals surface area contributed by atoms with Crippen LogP contribution in [0.2, 0.25) is 0 Å². The Bertz CT molecular complexity index is 1700. The van der Waals surface area contributed by atoms with Crippen LogP contribution in [0, 0.1) is 20.8 Å². The van der Waals surface area contributed by atoms with Crippen molar-refractivity contribution in [3.8, 4) is 17.1 Å². The largest absolute Gasteiger partial charge is 0.467 e. The van der Waals surface area contributed by atoms with Crippen LogP contribution in [0.3, 0.4) is 0 Å². The van der Waals surface area contributed by atoms with Crippen LogP contribution < -0.4 is 9.46 Å². The first-order chi connectivity index (χ1) is 18.2. The number of rotatable bonds is 1. The lowest BCUT2D eigenvalue weighted by Gasteiger charge is -2.34. The van der Waals surface area contributed by atoms with Gasteiger partial charge in [-0.05, 0) is 54.7 Å². The Morgan fingerprint density at radius 1 is 0.974 bits per heavy atom. The predicted octanol–water partition coefficient (Wildman–Crippen LogP) is 4.35. The zero-order valence-corrected chi connectivity index (χ0v) is 21.9. The van der Waals surface area contributed by atoms with Gasteiger partial charge in [0.2, 0.25) is 11.8 Å². The first kappa shape index (κ1) is 24.1. The summed E-state index contributed by atoms with van der Waals surface area (Å²) in [5, 5.41) is -0.289. The number of hydrogen-bond acceptors (Lipinski definition) is 7. The average Bonchev–Trinajstić information content (AvgIpc) is 2.87. The Labute approximate surface area is 220 Å². The van der Waals surface area contributed by atoms with Gasteiger partial charge < -0.3 is 9.64 Å². The van der Waals surface area contributed by atoms with Gasteiger partial charge in [0, 0.05) is 29.9 Å². The fourth-order valence-corrected chi connectivity index (χ4v) is 5.97. The lowest BCUT2D eigenvalue weighted by Crippen LogP contribution is -2.40. The summed E-state index contributed by atoms with van der Waals surface area (Å²) in [4.78, 5) is 28.4. The molecule has 0 saturated heterocycles. The minimum Gasteiger partial charge on any atom is -0.467 e. The van der Waals surface area contributed by atoms with Crippen LogP contribution >= 0.6 is 0 Å². The Morgan fingerprint density at radius 2 is 1.74 bits per heavy atom. The average molecular weight is 528 g/mol. The highest BCUT2D eigenvalue weighted by Crippen LogP contribution is 2.35. The summed E-state index contributed by atoms with van der Waals surface area (Å²) in [6.07, 6.45) is 0.878. The number of fused-ring (bicyclic) bond motifs is 8. The molecule has 38 heavy (non-hydrogen) atoms. The van der Waals surface area contributed by atoms with E-state index in [4.69, 9.17) is 4.74 Å². The number of aryl methyl sites for hydroxylation is 3. The molecule has 1 N–H and O–H groups in total. The topological polar surface area (TPSA) is 114 Å². The van der Waals surface area contributed by atoms with Crippen LogP contribution in [-0.2, 0) is 16.6 Å². The van der Waals surface area contributed by atoms with Gasteiger partial charge in [-0.1, -0.05) is 42.5 Å². The molecule has 4 heterocycles. The molecule has 0 radical (unpaired) electrons. The summed E-state index contributed by atoms with van der Waals surface area (Å²) in [6, 6.07) is 16.7. The maximum absolute atomic E-state index is 13.7. The van der Waals surface area contributed by atoms with Crippen LogP contribution in [0.4, 0.5) is 5.95 Å². The second-order valence-electron chi connectivity index (χ2n) is 9.62. The molecular formula is C28H25N5O4S. The van der Waals surface area contributed by atoms with Gasteiger partial charge in [-0.25, -0.2) is 14.7 Å². The lowest BCUT2D eigenvalue weighted by molar-refractivity contribution is 0.0588. The van der Waals surface area contributed by atoms with Crippen LogP contribution in [-0.4, -0.2) is 40.7 Å². The van der Waals surface area contributed by atoms with Crippen molar-refractivity contribution in [1.29, 1.82) is 0 Å². The highest BCUT2D eigenvalue weighted by atomic mass is 32.2. The first-order valence-electron chi connectivity index (χ1n) is 12.2. The van der Waals surface area contributed by atoms with Crippen molar-refractivity contribution in [3.63, 3.8) is 0 Å². The number of sulfonamides is 1. The number of nitrogens with zero attached hydrogens (tertiary/aromatic N) is 4. The minimum absolute atomic E-state index is 0.143. The van der Waals surface area contributed by atoms with Gasteiger partial charge >= 0.3 is 0 Å². The summed E-state index contributed by atoms with van der Waals surface area (Å²) in [7, 11) is -4.21. The molecule has 2 aromatic heterocycles. The molecule has 2 aromatic carbocycles. The summed E-state index contributed by atoms with van der Waals surface area (Å²) in [5.74, 6) is -0.243. The Balaban J connectivity index is 1.58. The van der Waals surface area contributed by atoms with Crippen molar-refractivity contribution in [2.45, 2.75) is 38.4 Å². The second-order valence-corrected chi connectivity index (χ2v) is 11.2. The van der Waals surface area contributed by atoms with Crippen LogP contribution in [0.15, 0.2) is 65.8 Å². The molecule has 192 valence electrons. The highest BCUT2D eigenvalue weighted by Gasteiger charge is 2.33. The number of carbonyl (C=O) groups is 1. The molecular weight excluding hydrogens is 502 g/mol. The van der Waals surface area contributed by atoms with Gasteiger partial charge in [-0.2, -0.15) is 13.4 Å². The number of ether oxygens (including phenoxy) is 1. The zero-order valence-electron chi connectivity index (χ0n) is 21.1. The van der Waals surface area contributed by atoms with Gasteiger partial charge in [0.15, 0.2) is 5.03 Å². The molecule has 0 fully saturated rings. The molecule has 6 bridgehead atoms. The van der Waals surface area contributed by atoms with Crippen molar-refractivity contribution in [2.24, 2.45) is 0 Å². The fraction of sp³-hybridized carbons (Fsp3) is 0.214. The number of pyridine rings is 1. The lowest BCUT2D eigenvalue weighted by atomic mass is 9.96. The third-order valence-corrected chi connectivity index (χ3v) is 8.17. The van der Waals surface area contributed by atoms with E-state index in [1.807, 2.05) is 56.3 Å².